The molecule has 7 heteroatoms. The van der Waals surface area contributed by atoms with Gasteiger partial charge in [0.1, 0.15) is 6.10 Å². The Hall–Kier alpha value is -2.04. The average molecular weight is 315 g/mol. The summed E-state index contributed by atoms with van der Waals surface area (Å²) in [4.78, 5) is 0. The van der Waals surface area contributed by atoms with Crippen molar-refractivity contribution in [3.05, 3.63) is 41.2 Å². The molecule has 3 rings (SSSR count). The van der Waals surface area contributed by atoms with E-state index in [4.69, 9.17) is 15.8 Å². The van der Waals surface area contributed by atoms with Gasteiger partial charge in [0, 0.05) is 12.4 Å². The first-order valence-corrected chi connectivity index (χ1v) is 8.20. The van der Waals surface area contributed by atoms with Crippen molar-refractivity contribution < 1.29 is 4.74 Å². The van der Waals surface area contributed by atoms with Gasteiger partial charge in [0.15, 0.2) is 5.82 Å². The van der Waals surface area contributed by atoms with Crippen molar-refractivity contribution in [2.75, 3.05) is 12.4 Å². The van der Waals surface area contributed by atoms with E-state index >= 15 is 0 Å². The Morgan fingerprint density at radius 1 is 1.32 bits per heavy atom. The van der Waals surface area contributed by atoms with Crippen molar-refractivity contribution >= 4 is 11.8 Å². The molecule has 0 unspecified atom stereocenters. The monoisotopic (exact) mass is 315 g/mol. The van der Waals surface area contributed by atoms with Gasteiger partial charge < -0.3 is 10.6 Å². The van der Waals surface area contributed by atoms with Crippen molar-refractivity contribution in [2.45, 2.75) is 36.3 Å². The molecule has 1 fully saturated rings. The number of nitriles is 1. The molecule has 2 aromatic rings. The topological polar surface area (TPSA) is 89.8 Å². The average Bonchev–Trinajstić information content (AvgIpc) is 2.95. The molecule has 0 spiro atoms. The molecule has 1 atom stereocenters. The van der Waals surface area contributed by atoms with Gasteiger partial charge in [0.25, 0.3) is 0 Å². The lowest BCUT2D eigenvalue weighted by Crippen LogP contribution is -2.21. The number of nitrogens with two attached hydrogens (primary N) is 1. The van der Waals surface area contributed by atoms with Crippen LogP contribution in [0.3, 0.4) is 0 Å². The van der Waals surface area contributed by atoms with Gasteiger partial charge in [-0.2, -0.15) is 5.26 Å². The lowest BCUT2D eigenvalue weighted by Gasteiger charge is -2.21. The van der Waals surface area contributed by atoms with E-state index in [1.54, 1.807) is 0 Å². The number of hydrogen-bond donors (Lipinski definition) is 1. The highest BCUT2D eigenvalue weighted by Crippen LogP contribution is 2.28. The Kier molecular flexibility index (Phi) is 4.61. The molecule has 0 radical (unpaired) electrons. The van der Waals surface area contributed by atoms with Crippen LogP contribution < -0.4 is 5.84 Å². The van der Waals surface area contributed by atoms with Crippen LogP contribution in [0.4, 0.5) is 0 Å². The number of nitrogens with zero attached hydrogens (tertiary/aromatic N) is 4. The first-order valence-electron chi connectivity index (χ1n) is 7.22. The third kappa shape index (κ3) is 3.24. The van der Waals surface area contributed by atoms with E-state index in [-0.39, 0.29) is 6.10 Å². The summed E-state index contributed by atoms with van der Waals surface area (Å²) < 4.78 is 7.24. The van der Waals surface area contributed by atoms with Crippen molar-refractivity contribution in [1.82, 2.24) is 14.9 Å². The normalized spacial score (nSPS) is 18.0. The van der Waals surface area contributed by atoms with Gasteiger partial charge in [0.05, 0.1) is 11.6 Å². The highest BCUT2D eigenvalue weighted by Gasteiger charge is 2.23. The maximum Gasteiger partial charge on any atom is 0.210 e. The number of aromatic nitrogens is 3. The highest BCUT2D eigenvalue weighted by molar-refractivity contribution is 7.98. The second-order valence-electron chi connectivity index (χ2n) is 5.16. The third-order valence-corrected chi connectivity index (χ3v) is 4.62. The molecule has 0 aliphatic carbocycles. The standard InChI is InChI=1S/C15H17N5OS/c16-9-11-4-6-12(7-5-11)10-22-15-19-18-14(20(15)17)13-3-1-2-8-21-13/h4-7,13H,1-3,8,10,17H2/t13-/m0/s1. The maximum atomic E-state index is 8.79. The Bertz CT molecular complexity index is 670. The summed E-state index contributed by atoms with van der Waals surface area (Å²) in [7, 11) is 0. The zero-order valence-corrected chi connectivity index (χ0v) is 12.9. The molecule has 2 N–H and O–H groups in total. The fourth-order valence-electron chi connectivity index (χ4n) is 2.37. The van der Waals surface area contributed by atoms with Gasteiger partial charge >= 0.3 is 0 Å². The van der Waals surface area contributed by atoms with Crippen LogP contribution >= 0.6 is 11.8 Å². The summed E-state index contributed by atoms with van der Waals surface area (Å²) in [5.41, 5.74) is 1.77. The zero-order chi connectivity index (χ0) is 15.4. The Morgan fingerprint density at radius 3 is 2.82 bits per heavy atom. The van der Waals surface area contributed by atoms with Crippen molar-refractivity contribution in [3.8, 4) is 6.07 Å². The van der Waals surface area contributed by atoms with Crippen LogP contribution in [-0.2, 0) is 10.5 Å². The fourth-order valence-corrected chi connectivity index (χ4v) is 3.19. The number of benzene rings is 1. The molecule has 6 nitrogen and oxygen atoms in total. The summed E-state index contributed by atoms with van der Waals surface area (Å²) in [6.45, 7) is 0.755. The van der Waals surface area contributed by atoms with Gasteiger partial charge in [-0.05, 0) is 37.0 Å². The minimum Gasteiger partial charge on any atom is -0.370 e. The predicted octanol–water partition coefficient (Wildman–Crippen LogP) is 2.40. The van der Waals surface area contributed by atoms with Crippen LogP contribution in [0.15, 0.2) is 29.4 Å². The second kappa shape index (κ2) is 6.81. The van der Waals surface area contributed by atoms with Crippen LogP contribution in [-0.4, -0.2) is 21.5 Å². The first-order chi connectivity index (χ1) is 10.8. The molecule has 2 heterocycles. The van der Waals surface area contributed by atoms with E-state index in [1.807, 2.05) is 24.3 Å². The predicted molar refractivity (Wildman–Crippen MR) is 83.4 cm³/mol. The lowest BCUT2D eigenvalue weighted by molar-refractivity contribution is 0.00780. The maximum absolute atomic E-state index is 8.79. The van der Waals surface area contributed by atoms with Crippen molar-refractivity contribution in [3.63, 3.8) is 0 Å². The van der Waals surface area contributed by atoms with E-state index in [2.05, 4.69) is 16.3 Å². The Morgan fingerprint density at radius 2 is 2.14 bits per heavy atom. The van der Waals surface area contributed by atoms with Crippen LogP contribution in [0.2, 0.25) is 0 Å². The fraction of sp³-hybridized carbons (Fsp3) is 0.400. The quantitative estimate of drug-likeness (QED) is 0.688. The van der Waals surface area contributed by atoms with Crippen LogP contribution in [0.5, 0.6) is 0 Å². The molecule has 1 aromatic heterocycles. The number of rotatable bonds is 4. The number of ether oxygens (including phenoxy) is 1. The SMILES string of the molecule is N#Cc1ccc(CSc2nnc([C@@H]3CCCCO3)n2N)cc1. The summed E-state index contributed by atoms with van der Waals surface area (Å²) in [5.74, 6) is 7.52. The number of nitrogen functional groups attached to an aromatic ring is 1. The van der Waals surface area contributed by atoms with Gasteiger partial charge in [-0.3, -0.25) is 0 Å². The molecular formula is C15H17N5OS. The van der Waals surface area contributed by atoms with E-state index in [1.165, 1.54) is 16.4 Å². The number of thioether (sulfide) groups is 1. The summed E-state index contributed by atoms with van der Waals surface area (Å²) in [5, 5.41) is 17.8. The van der Waals surface area contributed by atoms with Crippen LogP contribution in [0.1, 0.15) is 42.3 Å². The number of hydrogen-bond acceptors (Lipinski definition) is 6. The van der Waals surface area contributed by atoms with Gasteiger partial charge in [-0.15, -0.1) is 10.2 Å². The Labute approximate surface area is 133 Å². The zero-order valence-electron chi connectivity index (χ0n) is 12.1. The van der Waals surface area contributed by atoms with Crippen LogP contribution in [0.25, 0.3) is 0 Å². The molecule has 1 aromatic carbocycles. The van der Waals surface area contributed by atoms with Crippen LogP contribution in [0, 0.1) is 11.3 Å². The van der Waals surface area contributed by atoms with Gasteiger partial charge in [-0.25, -0.2) is 4.68 Å². The molecule has 114 valence electrons. The molecule has 1 saturated heterocycles. The second-order valence-corrected chi connectivity index (χ2v) is 6.11. The van der Waals surface area contributed by atoms with Gasteiger partial charge in [-0.1, -0.05) is 23.9 Å². The molecule has 0 bridgehead atoms. The summed E-state index contributed by atoms with van der Waals surface area (Å²) in [6.07, 6.45) is 3.12. The summed E-state index contributed by atoms with van der Waals surface area (Å²) >= 11 is 1.52. The lowest BCUT2D eigenvalue weighted by atomic mass is 10.1. The van der Waals surface area contributed by atoms with Crippen molar-refractivity contribution in [2.24, 2.45) is 0 Å². The van der Waals surface area contributed by atoms with Crippen molar-refractivity contribution in [1.29, 1.82) is 5.26 Å². The van der Waals surface area contributed by atoms with Gasteiger partial charge in [0.2, 0.25) is 5.16 Å². The minimum atomic E-state index is -0.0458. The largest absolute Gasteiger partial charge is 0.370 e. The molecule has 1 aliphatic heterocycles. The Balaban J connectivity index is 1.65. The van der Waals surface area contributed by atoms with E-state index in [0.29, 0.717) is 16.5 Å². The summed E-state index contributed by atoms with van der Waals surface area (Å²) in [6, 6.07) is 9.61. The highest BCUT2D eigenvalue weighted by atomic mass is 32.2. The van der Waals surface area contributed by atoms with E-state index in [9.17, 15) is 0 Å². The molecule has 22 heavy (non-hydrogen) atoms. The molecule has 0 saturated carbocycles. The molecule has 1 aliphatic rings. The first kappa shape index (κ1) is 14.9. The molecule has 0 amide bonds. The third-order valence-electron chi connectivity index (χ3n) is 3.61. The van der Waals surface area contributed by atoms with E-state index < -0.39 is 0 Å². The molecular weight excluding hydrogens is 298 g/mol. The van der Waals surface area contributed by atoms with E-state index in [0.717, 1.165) is 37.2 Å². The smallest absolute Gasteiger partial charge is 0.210 e. The minimum absolute atomic E-state index is 0.0458.